The predicted octanol–water partition coefficient (Wildman–Crippen LogP) is 2.03. The van der Waals surface area contributed by atoms with Gasteiger partial charge >= 0.3 is 0 Å². The first-order chi connectivity index (χ1) is 6.52. The molecule has 3 nitrogen and oxygen atoms in total. The van der Waals surface area contributed by atoms with Crippen molar-refractivity contribution in [2.75, 3.05) is 5.32 Å². The van der Waals surface area contributed by atoms with Crippen LogP contribution < -0.4 is 5.32 Å². The molecule has 0 atom stereocenters. The summed E-state index contributed by atoms with van der Waals surface area (Å²) >= 11 is 3.00. The third-order valence-electron chi connectivity index (χ3n) is 2.08. The Balaban J connectivity index is 2.76. The number of Topliss-reactive ketones (excluding diaryl/α,β-unsaturated/α-hetero) is 1. The average Bonchev–Trinajstić information content (AvgIpc) is 2.42. The number of anilines is 1. The molecule has 0 bridgehead atoms. The van der Waals surface area contributed by atoms with Crippen LogP contribution in [0, 0.1) is 12.7 Å². The first-order valence-electron chi connectivity index (χ1n) is 3.86. The normalized spacial score (nSPS) is 14.2. The van der Waals surface area contributed by atoms with E-state index in [1.54, 1.807) is 0 Å². The van der Waals surface area contributed by atoms with E-state index in [1.807, 2.05) is 0 Å². The molecule has 5 heteroatoms. The molecular formula is C9H5BrFNO2. The van der Waals surface area contributed by atoms with E-state index in [-0.39, 0.29) is 15.7 Å². The van der Waals surface area contributed by atoms with Gasteiger partial charge in [-0.3, -0.25) is 9.59 Å². The lowest BCUT2D eigenvalue weighted by Gasteiger charge is -2.04. The highest BCUT2D eigenvalue weighted by atomic mass is 79.9. The second kappa shape index (κ2) is 2.88. The van der Waals surface area contributed by atoms with E-state index in [0.717, 1.165) is 0 Å². The Bertz CT molecular complexity index is 470. The fourth-order valence-electron chi connectivity index (χ4n) is 1.35. The molecule has 0 radical (unpaired) electrons. The maximum absolute atomic E-state index is 13.3. The van der Waals surface area contributed by atoms with Crippen LogP contribution in [0.2, 0.25) is 0 Å². The molecule has 0 fully saturated rings. The Hall–Kier alpha value is -1.23. The van der Waals surface area contributed by atoms with Crippen LogP contribution in [0.1, 0.15) is 15.9 Å². The van der Waals surface area contributed by atoms with Crippen molar-refractivity contribution < 1.29 is 14.0 Å². The third-order valence-corrected chi connectivity index (χ3v) is 2.82. The lowest BCUT2D eigenvalue weighted by molar-refractivity contribution is -0.112. The summed E-state index contributed by atoms with van der Waals surface area (Å²) in [6.07, 6.45) is 0. The number of fused-ring (bicyclic) bond motifs is 1. The quantitative estimate of drug-likeness (QED) is 0.723. The molecule has 14 heavy (non-hydrogen) atoms. The first kappa shape index (κ1) is 9.33. The van der Waals surface area contributed by atoms with Gasteiger partial charge in [0.15, 0.2) is 0 Å². The molecule has 0 aliphatic carbocycles. The number of carbonyl (C=O) groups excluding carboxylic acids is 2. The van der Waals surface area contributed by atoms with E-state index in [9.17, 15) is 14.0 Å². The highest BCUT2D eigenvalue weighted by molar-refractivity contribution is 9.10. The zero-order valence-electron chi connectivity index (χ0n) is 7.15. The van der Waals surface area contributed by atoms with Crippen molar-refractivity contribution in [1.82, 2.24) is 0 Å². The third kappa shape index (κ3) is 1.09. The number of aryl methyl sites for hydroxylation is 1. The molecule has 1 N–H and O–H groups in total. The molecule has 0 unspecified atom stereocenters. The van der Waals surface area contributed by atoms with Crippen molar-refractivity contribution >= 4 is 33.3 Å². The fourth-order valence-corrected chi connectivity index (χ4v) is 1.97. The molecule has 0 saturated carbocycles. The highest BCUT2D eigenvalue weighted by Gasteiger charge is 2.31. The van der Waals surface area contributed by atoms with Gasteiger partial charge in [0, 0.05) is 0 Å². The van der Waals surface area contributed by atoms with E-state index in [2.05, 4.69) is 21.2 Å². The summed E-state index contributed by atoms with van der Waals surface area (Å²) in [5.41, 5.74) is 0.782. The van der Waals surface area contributed by atoms with E-state index in [1.165, 1.54) is 13.0 Å². The molecular weight excluding hydrogens is 253 g/mol. The standard InChI is InChI=1S/C9H5BrFNO2/c1-3-2-4-7(5(10)6(3)11)12-9(14)8(4)13/h2H,1H3,(H,12,13,14). The molecule has 72 valence electrons. The predicted molar refractivity (Wildman–Crippen MR) is 51.8 cm³/mol. The van der Waals surface area contributed by atoms with Crippen LogP contribution in [0.5, 0.6) is 0 Å². The smallest absolute Gasteiger partial charge is 0.296 e. The van der Waals surface area contributed by atoms with Gasteiger partial charge in [0.05, 0.1) is 15.7 Å². The van der Waals surface area contributed by atoms with Gasteiger partial charge < -0.3 is 5.32 Å². The number of hydrogen-bond donors (Lipinski definition) is 1. The molecule has 2 rings (SSSR count). The lowest BCUT2D eigenvalue weighted by Crippen LogP contribution is -2.12. The topological polar surface area (TPSA) is 46.2 Å². The lowest BCUT2D eigenvalue weighted by atomic mass is 10.1. The number of nitrogens with one attached hydrogen (secondary N) is 1. The van der Waals surface area contributed by atoms with Crippen LogP contribution >= 0.6 is 15.9 Å². The summed E-state index contributed by atoms with van der Waals surface area (Å²) < 4.78 is 13.5. The van der Waals surface area contributed by atoms with Crippen LogP contribution in [-0.2, 0) is 4.79 Å². The number of halogens is 2. The summed E-state index contributed by atoms with van der Waals surface area (Å²) in [5.74, 6) is -1.80. The van der Waals surface area contributed by atoms with E-state index in [0.29, 0.717) is 5.56 Å². The summed E-state index contributed by atoms with van der Waals surface area (Å²) in [6.45, 7) is 1.54. The van der Waals surface area contributed by atoms with Crippen molar-refractivity contribution in [3.8, 4) is 0 Å². The Labute approximate surface area is 87.4 Å². The number of carbonyl (C=O) groups is 2. The Morgan fingerprint density at radius 1 is 1.43 bits per heavy atom. The van der Waals surface area contributed by atoms with E-state index < -0.39 is 17.5 Å². The van der Waals surface area contributed by atoms with Gasteiger partial charge in [-0.15, -0.1) is 0 Å². The summed E-state index contributed by atoms with van der Waals surface area (Å²) in [7, 11) is 0. The molecule has 0 aromatic heterocycles. The van der Waals surface area contributed by atoms with Crippen molar-refractivity contribution in [2.45, 2.75) is 6.92 Å². The fraction of sp³-hybridized carbons (Fsp3) is 0.111. The van der Waals surface area contributed by atoms with Gasteiger partial charge in [0.2, 0.25) is 0 Å². The van der Waals surface area contributed by atoms with Crippen molar-refractivity contribution in [1.29, 1.82) is 0 Å². The van der Waals surface area contributed by atoms with Gasteiger partial charge in [-0.2, -0.15) is 0 Å². The van der Waals surface area contributed by atoms with Gasteiger partial charge in [0.1, 0.15) is 5.82 Å². The number of benzene rings is 1. The van der Waals surface area contributed by atoms with Gasteiger partial charge in [0.25, 0.3) is 11.7 Å². The van der Waals surface area contributed by atoms with Crippen LogP contribution in [0.15, 0.2) is 10.5 Å². The summed E-state index contributed by atoms with van der Waals surface area (Å²) in [5, 5.41) is 2.31. The number of amides is 1. The average molecular weight is 258 g/mol. The second-order valence-electron chi connectivity index (χ2n) is 3.03. The molecule has 1 heterocycles. The monoisotopic (exact) mass is 257 g/mol. The van der Waals surface area contributed by atoms with Crippen LogP contribution in [0.4, 0.5) is 10.1 Å². The Kier molecular flexibility index (Phi) is 1.92. The van der Waals surface area contributed by atoms with Gasteiger partial charge in [-0.1, -0.05) is 0 Å². The number of rotatable bonds is 0. The molecule has 1 aliphatic heterocycles. The van der Waals surface area contributed by atoms with Crippen molar-refractivity contribution in [3.05, 3.63) is 27.5 Å². The Morgan fingerprint density at radius 3 is 2.71 bits per heavy atom. The van der Waals surface area contributed by atoms with Crippen LogP contribution in [0.25, 0.3) is 0 Å². The van der Waals surface area contributed by atoms with E-state index >= 15 is 0 Å². The number of ketones is 1. The van der Waals surface area contributed by atoms with Crippen molar-refractivity contribution in [3.63, 3.8) is 0 Å². The molecule has 1 amide bonds. The van der Waals surface area contributed by atoms with Crippen LogP contribution in [0.3, 0.4) is 0 Å². The SMILES string of the molecule is Cc1cc2c(c(Br)c1F)NC(=O)C2=O. The number of hydrogen-bond acceptors (Lipinski definition) is 2. The largest absolute Gasteiger partial charge is 0.317 e. The highest BCUT2D eigenvalue weighted by Crippen LogP contribution is 2.35. The molecule has 1 aliphatic rings. The first-order valence-corrected chi connectivity index (χ1v) is 4.66. The second-order valence-corrected chi connectivity index (χ2v) is 3.82. The summed E-state index contributed by atoms with van der Waals surface area (Å²) in [6, 6.07) is 1.37. The zero-order valence-corrected chi connectivity index (χ0v) is 8.74. The molecule has 1 aromatic carbocycles. The minimum atomic E-state index is -0.717. The minimum Gasteiger partial charge on any atom is -0.317 e. The minimum absolute atomic E-state index is 0.131. The molecule has 1 aromatic rings. The van der Waals surface area contributed by atoms with Gasteiger partial charge in [-0.25, -0.2) is 4.39 Å². The van der Waals surface area contributed by atoms with E-state index in [4.69, 9.17) is 0 Å². The van der Waals surface area contributed by atoms with Crippen LogP contribution in [-0.4, -0.2) is 11.7 Å². The Morgan fingerprint density at radius 2 is 2.07 bits per heavy atom. The zero-order chi connectivity index (χ0) is 10.5. The summed E-state index contributed by atoms with van der Waals surface area (Å²) in [4.78, 5) is 22.3. The van der Waals surface area contributed by atoms with Gasteiger partial charge in [-0.05, 0) is 34.5 Å². The van der Waals surface area contributed by atoms with Crippen molar-refractivity contribution in [2.24, 2.45) is 0 Å². The maximum Gasteiger partial charge on any atom is 0.296 e. The maximum atomic E-state index is 13.3. The molecule has 0 saturated heterocycles. The molecule has 0 spiro atoms.